The quantitative estimate of drug-likeness (QED) is 0.660. The van der Waals surface area contributed by atoms with Gasteiger partial charge in [-0.2, -0.15) is 0 Å². The van der Waals surface area contributed by atoms with Crippen molar-refractivity contribution >= 4 is 13.3 Å². The maximum absolute atomic E-state index is 2.51. The van der Waals surface area contributed by atoms with E-state index >= 15 is 0 Å². The van der Waals surface area contributed by atoms with Crippen molar-refractivity contribution in [1.29, 1.82) is 0 Å². The normalized spacial score (nSPS) is 12.5. The average molecular weight is 206 g/mol. The standard InChI is InChI=1S/C13H22Si/c1-11(2)14(5,12(3)4)13-9-7-6-8-10-13/h6-12H,1-5H3. The van der Waals surface area contributed by atoms with Crippen molar-refractivity contribution < 1.29 is 0 Å². The van der Waals surface area contributed by atoms with Crippen LogP contribution in [-0.4, -0.2) is 8.07 Å². The van der Waals surface area contributed by atoms with Crippen LogP contribution in [0.4, 0.5) is 0 Å². The summed E-state index contributed by atoms with van der Waals surface area (Å²) in [5, 5.41) is 1.60. The van der Waals surface area contributed by atoms with Crippen molar-refractivity contribution in [3.63, 3.8) is 0 Å². The van der Waals surface area contributed by atoms with Crippen LogP contribution in [0.15, 0.2) is 30.3 Å². The Kier molecular flexibility index (Phi) is 3.54. The highest BCUT2D eigenvalue weighted by molar-refractivity contribution is 6.92. The van der Waals surface area contributed by atoms with Gasteiger partial charge in [0, 0.05) is 0 Å². The lowest BCUT2D eigenvalue weighted by Gasteiger charge is -2.36. The van der Waals surface area contributed by atoms with Crippen molar-refractivity contribution in [2.75, 3.05) is 0 Å². The molecule has 1 aromatic carbocycles. The largest absolute Gasteiger partial charge is 0.0886 e. The lowest BCUT2D eigenvalue weighted by atomic mass is 10.4. The number of benzene rings is 1. The van der Waals surface area contributed by atoms with E-state index in [4.69, 9.17) is 0 Å². The van der Waals surface area contributed by atoms with Gasteiger partial charge in [0.15, 0.2) is 0 Å². The molecule has 0 nitrogen and oxygen atoms in total. The van der Waals surface area contributed by atoms with Gasteiger partial charge in [-0.05, 0) is 11.1 Å². The molecule has 0 spiro atoms. The molecule has 0 heterocycles. The van der Waals surface area contributed by atoms with Gasteiger partial charge in [-0.15, -0.1) is 0 Å². The van der Waals surface area contributed by atoms with Crippen LogP contribution < -0.4 is 5.19 Å². The minimum absolute atomic E-state index is 0.810. The molecule has 1 rings (SSSR count). The fraction of sp³-hybridized carbons (Fsp3) is 0.538. The summed E-state index contributed by atoms with van der Waals surface area (Å²) < 4.78 is 0. The lowest BCUT2D eigenvalue weighted by molar-refractivity contribution is 0.917. The molecular formula is C13H22Si. The molecule has 0 unspecified atom stereocenters. The first-order valence-electron chi connectivity index (χ1n) is 5.55. The van der Waals surface area contributed by atoms with Crippen LogP contribution >= 0.6 is 0 Å². The molecule has 1 heteroatoms. The van der Waals surface area contributed by atoms with E-state index in [1.165, 1.54) is 0 Å². The summed E-state index contributed by atoms with van der Waals surface area (Å²) in [5.41, 5.74) is 1.62. The Morgan fingerprint density at radius 1 is 0.857 bits per heavy atom. The molecule has 0 N–H and O–H groups in total. The molecular weight excluding hydrogens is 184 g/mol. The van der Waals surface area contributed by atoms with E-state index < -0.39 is 8.07 Å². The number of rotatable bonds is 3. The Labute approximate surface area is 89.4 Å². The highest BCUT2D eigenvalue weighted by atomic mass is 28.3. The zero-order chi connectivity index (χ0) is 10.8. The molecule has 1 aromatic rings. The smallest absolute Gasteiger partial charge is 0.0649 e. The van der Waals surface area contributed by atoms with Gasteiger partial charge < -0.3 is 0 Å². The Bertz CT molecular complexity index is 267. The molecule has 78 valence electrons. The summed E-state index contributed by atoms with van der Waals surface area (Å²) in [6.07, 6.45) is 0. The van der Waals surface area contributed by atoms with Crippen LogP contribution in [0, 0.1) is 0 Å². The van der Waals surface area contributed by atoms with Crippen LogP contribution in [0.25, 0.3) is 0 Å². The summed E-state index contributed by atoms with van der Waals surface area (Å²) in [4.78, 5) is 0. The van der Waals surface area contributed by atoms with E-state index in [1.54, 1.807) is 5.19 Å². The zero-order valence-corrected chi connectivity index (χ0v) is 11.0. The van der Waals surface area contributed by atoms with Crippen molar-refractivity contribution in [3.8, 4) is 0 Å². The fourth-order valence-corrected chi connectivity index (χ4v) is 5.71. The van der Waals surface area contributed by atoms with Crippen molar-refractivity contribution in [3.05, 3.63) is 30.3 Å². The molecule has 0 fully saturated rings. The Morgan fingerprint density at radius 3 is 1.64 bits per heavy atom. The first kappa shape index (κ1) is 11.5. The molecule has 14 heavy (non-hydrogen) atoms. The highest BCUT2D eigenvalue weighted by Crippen LogP contribution is 2.31. The van der Waals surface area contributed by atoms with E-state index in [1.807, 2.05) is 0 Å². The second-order valence-electron chi connectivity index (χ2n) is 4.96. The van der Waals surface area contributed by atoms with Crippen LogP contribution in [0.1, 0.15) is 27.7 Å². The minimum Gasteiger partial charge on any atom is -0.0649 e. The zero-order valence-electron chi connectivity index (χ0n) is 10.0. The minimum atomic E-state index is -1.28. The van der Waals surface area contributed by atoms with E-state index in [9.17, 15) is 0 Å². The average Bonchev–Trinajstić information content (AvgIpc) is 2.17. The third-order valence-corrected chi connectivity index (χ3v) is 10.2. The molecule has 0 saturated heterocycles. The van der Waals surface area contributed by atoms with Crippen LogP contribution in [0.3, 0.4) is 0 Å². The van der Waals surface area contributed by atoms with Crippen molar-refractivity contribution in [1.82, 2.24) is 0 Å². The van der Waals surface area contributed by atoms with Gasteiger partial charge in [-0.25, -0.2) is 0 Å². The van der Waals surface area contributed by atoms with E-state index in [2.05, 4.69) is 64.6 Å². The number of hydrogen-bond donors (Lipinski definition) is 0. The first-order chi connectivity index (χ1) is 6.49. The van der Waals surface area contributed by atoms with Crippen molar-refractivity contribution in [2.45, 2.75) is 45.3 Å². The molecule has 0 aromatic heterocycles. The van der Waals surface area contributed by atoms with Gasteiger partial charge in [-0.3, -0.25) is 0 Å². The fourth-order valence-electron chi connectivity index (χ4n) is 2.13. The summed E-state index contributed by atoms with van der Waals surface area (Å²) in [6.45, 7) is 12.0. The Morgan fingerprint density at radius 2 is 1.29 bits per heavy atom. The summed E-state index contributed by atoms with van der Waals surface area (Å²) in [6, 6.07) is 11.1. The van der Waals surface area contributed by atoms with E-state index in [0.29, 0.717) is 0 Å². The Balaban J connectivity index is 3.13. The van der Waals surface area contributed by atoms with Gasteiger partial charge in [0.2, 0.25) is 0 Å². The van der Waals surface area contributed by atoms with Gasteiger partial charge in [0.1, 0.15) is 0 Å². The molecule has 0 saturated carbocycles. The summed E-state index contributed by atoms with van der Waals surface area (Å²) >= 11 is 0. The SMILES string of the molecule is CC(C)[Si](C)(c1ccccc1)C(C)C. The van der Waals surface area contributed by atoms with Crippen molar-refractivity contribution in [2.24, 2.45) is 0 Å². The number of hydrogen-bond acceptors (Lipinski definition) is 0. The predicted molar refractivity (Wildman–Crippen MR) is 67.9 cm³/mol. The second kappa shape index (κ2) is 4.31. The Hall–Kier alpha value is -0.563. The highest BCUT2D eigenvalue weighted by Gasteiger charge is 2.35. The lowest BCUT2D eigenvalue weighted by Crippen LogP contribution is -2.49. The van der Waals surface area contributed by atoms with Crippen LogP contribution in [-0.2, 0) is 0 Å². The third kappa shape index (κ3) is 1.93. The summed E-state index contributed by atoms with van der Waals surface area (Å²) in [5.74, 6) is 0. The topological polar surface area (TPSA) is 0 Å². The summed E-state index contributed by atoms with van der Waals surface area (Å²) in [7, 11) is -1.28. The first-order valence-corrected chi connectivity index (χ1v) is 8.20. The monoisotopic (exact) mass is 206 g/mol. The van der Waals surface area contributed by atoms with Gasteiger partial charge in [-0.1, -0.05) is 69.8 Å². The molecule has 0 radical (unpaired) electrons. The van der Waals surface area contributed by atoms with Gasteiger partial charge in [0.05, 0.1) is 8.07 Å². The third-order valence-electron chi connectivity index (χ3n) is 3.79. The molecule has 0 atom stereocenters. The maximum atomic E-state index is 2.51. The second-order valence-corrected chi connectivity index (χ2v) is 10.4. The molecule has 0 bridgehead atoms. The van der Waals surface area contributed by atoms with E-state index in [-0.39, 0.29) is 0 Å². The predicted octanol–water partition coefficient (Wildman–Crippen LogP) is 3.79. The van der Waals surface area contributed by atoms with Gasteiger partial charge in [0.25, 0.3) is 0 Å². The van der Waals surface area contributed by atoms with E-state index in [0.717, 1.165) is 11.1 Å². The van der Waals surface area contributed by atoms with Crippen LogP contribution in [0.5, 0.6) is 0 Å². The molecule has 0 aliphatic heterocycles. The maximum Gasteiger partial charge on any atom is 0.0886 e. The molecule has 0 aliphatic rings. The van der Waals surface area contributed by atoms with Crippen LogP contribution in [0.2, 0.25) is 17.6 Å². The van der Waals surface area contributed by atoms with Gasteiger partial charge >= 0.3 is 0 Å². The molecule has 0 amide bonds. The molecule has 0 aliphatic carbocycles.